The molecule has 2 N–H and O–H groups in total. The molecule has 0 bridgehead atoms. The molecule has 0 radical (unpaired) electrons. The third kappa shape index (κ3) is 6.74. The number of aldehydes is 1. The summed E-state index contributed by atoms with van der Waals surface area (Å²) in [4.78, 5) is 57.9. The van der Waals surface area contributed by atoms with Crippen LogP contribution < -0.4 is 9.42 Å². The number of hydrogen-bond acceptors (Lipinski definition) is 5. The van der Waals surface area contributed by atoms with E-state index in [1.807, 2.05) is 31.2 Å². The van der Waals surface area contributed by atoms with Crippen molar-refractivity contribution in [2.24, 2.45) is 5.92 Å². The number of phosphoric acid groups is 1. The second-order valence-electron chi connectivity index (χ2n) is 7.84. The summed E-state index contributed by atoms with van der Waals surface area (Å²) in [6.07, 6.45) is 2.13. The van der Waals surface area contributed by atoms with Crippen molar-refractivity contribution in [1.29, 1.82) is 0 Å². The van der Waals surface area contributed by atoms with Crippen LogP contribution in [0.4, 0.5) is 5.69 Å². The Labute approximate surface area is 192 Å². The molecule has 1 aliphatic rings. The Kier molecular flexibility index (Phi) is 8.02. The molecule has 0 aromatic heterocycles. The molecule has 1 saturated heterocycles. The maximum Gasteiger partial charge on any atom is 0.524 e. The van der Waals surface area contributed by atoms with Gasteiger partial charge in [0.2, 0.25) is 11.8 Å². The molecule has 33 heavy (non-hydrogen) atoms. The molecule has 2 aromatic rings. The van der Waals surface area contributed by atoms with Gasteiger partial charge in [0.15, 0.2) is 0 Å². The van der Waals surface area contributed by atoms with E-state index in [0.717, 1.165) is 17.7 Å². The van der Waals surface area contributed by atoms with Crippen LogP contribution in [0.3, 0.4) is 0 Å². The van der Waals surface area contributed by atoms with Gasteiger partial charge in [0.05, 0.1) is 5.92 Å². The molecule has 2 aromatic carbocycles. The molecule has 1 fully saturated rings. The summed E-state index contributed by atoms with van der Waals surface area (Å²) >= 11 is 0. The lowest BCUT2D eigenvalue weighted by atomic mass is 9.99. The summed E-state index contributed by atoms with van der Waals surface area (Å²) in [5, 5.41) is 0. The van der Waals surface area contributed by atoms with E-state index in [2.05, 4.69) is 4.52 Å². The Balaban J connectivity index is 1.67. The average Bonchev–Trinajstić information content (AvgIpc) is 3.21. The molecule has 1 atom stereocenters. The lowest BCUT2D eigenvalue weighted by Gasteiger charge is -2.25. The highest BCUT2D eigenvalue weighted by atomic mass is 31.2. The van der Waals surface area contributed by atoms with Crippen LogP contribution in [0.25, 0.3) is 0 Å². The van der Waals surface area contributed by atoms with Crippen LogP contribution in [0.2, 0.25) is 0 Å². The summed E-state index contributed by atoms with van der Waals surface area (Å²) in [7, 11) is -4.66. The van der Waals surface area contributed by atoms with Crippen LogP contribution in [-0.2, 0) is 31.9 Å². The lowest BCUT2D eigenvalue weighted by molar-refractivity contribution is -0.138. The summed E-state index contributed by atoms with van der Waals surface area (Å²) in [6.45, 7) is 3.24. The van der Waals surface area contributed by atoms with Crippen molar-refractivity contribution in [2.75, 3.05) is 18.0 Å². The van der Waals surface area contributed by atoms with Gasteiger partial charge < -0.3 is 19.1 Å². The van der Waals surface area contributed by atoms with Crippen molar-refractivity contribution in [3.63, 3.8) is 0 Å². The number of hydrogen-bond donors (Lipinski definition) is 2. The highest BCUT2D eigenvalue weighted by Crippen LogP contribution is 2.37. The van der Waals surface area contributed by atoms with Crippen LogP contribution >= 0.6 is 7.82 Å². The van der Waals surface area contributed by atoms with E-state index in [1.165, 1.54) is 12.1 Å². The summed E-state index contributed by atoms with van der Waals surface area (Å²) < 4.78 is 15.4. The predicted molar refractivity (Wildman–Crippen MR) is 121 cm³/mol. The van der Waals surface area contributed by atoms with Crippen LogP contribution in [0.15, 0.2) is 48.5 Å². The largest absolute Gasteiger partial charge is 0.524 e. The zero-order chi connectivity index (χ0) is 24.0. The molecule has 1 unspecified atom stereocenters. The van der Waals surface area contributed by atoms with Crippen molar-refractivity contribution >= 4 is 31.6 Å². The molecule has 1 heterocycles. The van der Waals surface area contributed by atoms with E-state index < -0.39 is 13.7 Å². The van der Waals surface area contributed by atoms with Gasteiger partial charge in [-0.1, -0.05) is 24.3 Å². The Morgan fingerprint density at radius 3 is 2.52 bits per heavy atom. The van der Waals surface area contributed by atoms with E-state index in [4.69, 9.17) is 9.79 Å². The highest BCUT2D eigenvalue weighted by Gasteiger charge is 2.25. The molecule has 10 heteroatoms. The molecule has 0 spiro atoms. The standard InChI is InChI=1S/C23H27N2O7P/c1-2-24(15-18-5-3-6-20(14-18)25-12-4-7-22(25)27)23(28)19(16-26)13-17-8-10-21(11-9-17)32-33(29,30)31/h3,5-6,8-11,14,16,19H,2,4,7,12-13,15H2,1H3,(H2,29,30,31). The van der Waals surface area contributed by atoms with Crippen molar-refractivity contribution < 1.29 is 33.3 Å². The van der Waals surface area contributed by atoms with E-state index in [0.29, 0.717) is 37.9 Å². The van der Waals surface area contributed by atoms with Crippen molar-refractivity contribution in [3.05, 3.63) is 59.7 Å². The summed E-state index contributed by atoms with van der Waals surface area (Å²) in [6, 6.07) is 13.4. The number of carbonyl (C=O) groups excluding carboxylic acids is 3. The maximum atomic E-state index is 13.1. The monoisotopic (exact) mass is 474 g/mol. The first-order chi connectivity index (χ1) is 15.7. The van der Waals surface area contributed by atoms with Gasteiger partial charge in [-0.15, -0.1) is 0 Å². The van der Waals surface area contributed by atoms with Gasteiger partial charge in [0.1, 0.15) is 12.0 Å². The van der Waals surface area contributed by atoms with Crippen molar-refractivity contribution in [3.8, 4) is 5.75 Å². The third-order valence-corrected chi connectivity index (χ3v) is 5.90. The fourth-order valence-electron chi connectivity index (χ4n) is 3.82. The van der Waals surface area contributed by atoms with Crippen LogP contribution in [0, 0.1) is 5.92 Å². The summed E-state index contributed by atoms with van der Waals surface area (Å²) in [5.74, 6) is -1.13. The number of phosphoric ester groups is 1. The van der Waals surface area contributed by atoms with Crippen molar-refractivity contribution in [1.82, 2.24) is 4.90 Å². The second kappa shape index (κ2) is 10.7. The molecular weight excluding hydrogens is 447 g/mol. The number of benzene rings is 2. The zero-order valence-electron chi connectivity index (χ0n) is 18.3. The van der Waals surface area contributed by atoms with Crippen LogP contribution in [0.1, 0.15) is 30.9 Å². The smallest absolute Gasteiger partial charge is 0.404 e. The molecule has 9 nitrogen and oxygen atoms in total. The first-order valence-corrected chi connectivity index (χ1v) is 12.2. The van der Waals surface area contributed by atoms with Crippen LogP contribution in [-0.4, -0.2) is 45.9 Å². The molecule has 3 rings (SSSR count). The van der Waals surface area contributed by atoms with Gasteiger partial charge in [0.25, 0.3) is 0 Å². The minimum Gasteiger partial charge on any atom is -0.404 e. The zero-order valence-corrected chi connectivity index (χ0v) is 19.2. The van der Waals surface area contributed by atoms with E-state index >= 15 is 0 Å². The van der Waals surface area contributed by atoms with Crippen molar-refractivity contribution in [2.45, 2.75) is 32.7 Å². The number of nitrogens with zero attached hydrogens (tertiary/aromatic N) is 2. The summed E-state index contributed by atoms with van der Waals surface area (Å²) in [5.41, 5.74) is 2.33. The fourth-order valence-corrected chi connectivity index (χ4v) is 4.21. The number of rotatable bonds is 10. The third-order valence-electron chi connectivity index (χ3n) is 5.45. The topological polar surface area (TPSA) is 124 Å². The molecule has 176 valence electrons. The van der Waals surface area contributed by atoms with Gasteiger partial charge in [-0.25, -0.2) is 4.57 Å². The first-order valence-electron chi connectivity index (χ1n) is 10.7. The number of carbonyl (C=O) groups is 3. The quantitative estimate of drug-likeness (QED) is 0.308. The average molecular weight is 474 g/mol. The Morgan fingerprint density at radius 2 is 1.94 bits per heavy atom. The Morgan fingerprint density at radius 1 is 1.21 bits per heavy atom. The first kappa shape index (κ1) is 24.6. The number of amides is 2. The highest BCUT2D eigenvalue weighted by molar-refractivity contribution is 7.46. The maximum absolute atomic E-state index is 13.1. The molecular formula is C23H27N2O7P. The van der Waals surface area contributed by atoms with Gasteiger partial charge in [-0.2, -0.15) is 0 Å². The SMILES string of the molecule is CCN(Cc1cccc(N2CCCC2=O)c1)C(=O)C(C=O)Cc1ccc(OP(=O)(O)O)cc1. The van der Waals surface area contributed by atoms with E-state index in [-0.39, 0.29) is 24.0 Å². The van der Waals surface area contributed by atoms with Gasteiger partial charge in [-0.3, -0.25) is 19.4 Å². The Bertz CT molecular complexity index is 1050. The minimum absolute atomic E-state index is 0.00684. The molecule has 2 amide bonds. The molecule has 0 aliphatic carbocycles. The van der Waals surface area contributed by atoms with E-state index in [9.17, 15) is 18.9 Å². The second-order valence-corrected chi connectivity index (χ2v) is 9.01. The van der Waals surface area contributed by atoms with Gasteiger partial charge >= 0.3 is 7.82 Å². The van der Waals surface area contributed by atoms with Crippen LogP contribution in [0.5, 0.6) is 5.75 Å². The predicted octanol–water partition coefficient (Wildman–Crippen LogP) is 2.69. The minimum atomic E-state index is -4.66. The molecule has 0 saturated carbocycles. The molecule has 1 aliphatic heterocycles. The number of anilines is 1. The lowest BCUT2D eigenvalue weighted by Crippen LogP contribution is -2.37. The van der Waals surface area contributed by atoms with Gasteiger partial charge in [0, 0.05) is 31.7 Å². The fraction of sp³-hybridized carbons (Fsp3) is 0.348. The van der Waals surface area contributed by atoms with E-state index in [1.54, 1.807) is 21.9 Å². The van der Waals surface area contributed by atoms with Gasteiger partial charge in [-0.05, 0) is 55.2 Å². The normalized spacial score (nSPS) is 14.8. The Hall–Kier alpha value is -3.00.